The fourth-order valence-corrected chi connectivity index (χ4v) is 1.20. The number of aromatic nitrogens is 3. The van der Waals surface area contributed by atoms with Crippen LogP contribution in [-0.2, 0) is 6.54 Å². The lowest BCUT2D eigenvalue weighted by Gasteiger charge is -1.93. The molecule has 0 saturated heterocycles. The summed E-state index contributed by atoms with van der Waals surface area (Å²) in [5.41, 5.74) is 8.36. The summed E-state index contributed by atoms with van der Waals surface area (Å²) < 4.78 is 1.89. The molecule has 12 heavy (non-hydrogen) atoms. The number of imidazole rings is 1. The molecule has 2 heterocycles. The first kappa shape index (κ1) is 7.24. The second-order valence-electron chi connectivity index (χ2n) is 2.74. The first-order valence-corrected chi connectivity index (χ1v) is 3.79. The Morgan fingerprint density at radius 1 is 1.58 bits per heavy atom. The van der Waals surface area contributed by atoms with E-state index in [1.54, 1.807) is 12.5 Å². The van der Waals surface area contributed by atoms with Gasteiger partial charge in [-0.25, -0.2) is 9.97 Å². The smallest absolute Gasteiger partial charge is 0.142 e. The van der Waals surface area contributed by atoms with Gasteiger partial charge in [-0.15, -0.1) is 0 Å². The number of fused-ring (bicyclic) bond motifs is 1. The molecule has 0 atom stereocenters. The van der Waals surface area contributed by atoms with E-state index in [1.165, 1.54) is 0 Å². The maximum atomic E-state index is 5.47. The van der Waals surface area contributed by atoms with E-state index in [0.29, 0.717) is 6.54 Å². The molecule has 0 aromatic carbocycles. The molecule has 2 aromatic heterocycles. The molecule has 4 heteroatoms. The summed E-state index contributed by atoms with van der Waals surface area (Å²) in [7, 11) is 0. The van der Waals surface area contributed by atoms with Crippen molar-refractivity contribution < 1.29 is 0 Å². The molecule has 0 amide bonds. The summed E-state index contributed by atoms with van der Waals surface area (Å²) >= 11 is 0. The van der Waals surface area contributed by atoms with Gasteiger partial charge in [0, 0.05) is 24.5 Å². The molecule has 0 saturated carbocycles. The predicted molar refractivity (Wildman–Crippen MR) is 45.6 cm³/mol. The Morgan fingerprint density at radius 2 is 2.42 bits per heavy atom. The SMILES string of the molecule is Cc1cncn2cc(CN)nc12. The second kappa shape index (κ2) is 2.57. The number of nitrogens with zero attached hydrogens (tertiary/aromatic N) is 3. The monoisotopic (exact) mass is 162 g/mol. The highest BCUT2D eigenvalue weighted by Gasteiger charge is 2.01. The van der Waals surface area contributed by atoms with E-state index in [9.17, 15) is 0 Å². The summed E-state index contributed by atoms with van der Waals surface area (Å²) in [6, 6.07) is 0. The van der Waals surface area contributed by atoms with Gasteiger partial charge in [-0.1, -0.05) is 0 Å². The van der Waals surface area contributed by atoms with E-state index in [1.807, 2.05) is 17.5 Å². The lowest BCUT2D eigenvalue weighted by Crippen LogP contribution is -1.95. The van der Waals surface area contributed by atoms with Crippen molar-refractivity contribution in [3.05, 3.63) is 30.0 Å². The Morgan fingerprint density at radius 3 is 3.08 bits per heavy atom. The molecule has 0 spiro atoms. The Kier molecular flexibility index (Phi) is 1.55. The summed E-state index contributed by atoms with van der Waals surface area (Å²) in [4.78, 5) is 8.37. The zero-order valence-corrected chi connectivity index (χ0v) is 6.86. The van der Waals surface area contributed by atoms with Gasteiger partial charge in [-0.2, -0.15) is 0 Å². The van der Waals surface area contributed by atoms with Crippen LogP contribution in [0.2, 0.25) is 0 Å². The van der Waals surface area contributed by atoms with Crippen LogP contribution in [0.4, 0.5) is 0 Å². The van der Waals surface area contributed by atoms with Gasteiger partial charge in [0.1, 0.15) is 12.0 Å². The lowest BCUT2D eigenvalue weighted by atomic mass is 10.4. The molecule has 4 nitrogen and oxygen atoms in total. The van der Waals surface area contributed by atoms with Crippen molar-refractivity contribution in [1.29, 1.82) is 0 Å². The van der Waals surface area contributed by atoms with E-state index < -0.39 is 0 Å². The minimum atomic E-state index is 0.473. The lowest BCUT2D eigenvalue weighted by molar-refractivity contribution is 1.01. The molecule has 0 radical (unpaired) electrons. The third-order valence-electron chi connectivity index (χ3n) is 1.80. The Hall–Kier alpha value is -1.42. The molecular formula is C8H10N4. The number of nitrogens with two attached hydrogens (primary N) is 1. The average Bonchev–Trinajstić information content (AvgIpc) is 2.49. The number of rotatable bonds is 1. The van der Waals surface area contributed by atoms with Gasteiger partial charge in [0.2, 0.25) is 0 Å². The topological polar surface area (TPSA) is 56.2 Å². The normalized spacial score (nSPS) is 10.8. The Bertz CT molecular complexity index is 404. The molecule has 0 aliphatic carbocycles. The standard InChI is InChI=1S/C8H10N4/c1-6-3-10-5-12-4-7(2-9)11-8(6)12/h3-5H,2,9H2,1H3. The highest BCUT2D eigenvalue weighted by atomic mass is 15.0. The number of hydrogen-bond acceptors (Lipinski definition) is 3. The van der Waals surface area contributed by atoms with Crippen molar-refractivity contribution in [3.8, 4) is 0 Å². The molecule has 0 fully saturated rings. The van der Waals surface area contributed by atoms with Crippen LogP contribution in [0.15, 0.2) is 18.7 Å². The van der Waals surface area contributed by atoms with Crippen LogP contribution in [0.5, 0.6) is 0 Å². The van der Waals surface area contributed by atoms with E-state index in [4.69, 9.17) is 5.73 Å². The highest BCUT2D eigenvalue weighted by molar-refractivity contribution is 5.46. The van der Waals surface area contributed by atoms with E-state index in [0.717, 1.165) is 16.9 Å². The fourth-order valence-electron chi connectivity index (χ4n) is 1.20. The zero-order valence-electron chi connectivity index (χ0n) is 6.86. The van der Waals surface area contributed by atoms with E-state index in [-0.39, 0.29) is 0 Å². The third-order valence-corrected chi connectivity index (χ3v) is 1.80. The van der Waals surface area contributed by atoms with Crippen LogP contribution < -0.4 is 5.73 Å². The first-order valence-electron chi connectivity index (χ1n) is 3.79. The van der Waals surface area contributed by atoms with Crippen molar-refractivity contribution in [1.82, 2.24) is 14.4 Å². The average molecular weight is 162 g/mol. The van der Waals surface area contributed by atoms with Gasteiger partial charge in [-0.3, -0.25) is 4.40 Å². The molecule has 0 unspecified atom stereocenters. The van der Waals surface area contributed by atoms with Crippen LogP contribution >= 0.6 is 0 Å². The van der Waals surface area contributed by atoms with Crippen LogP contribution in [-0.4, -0.2) is 14.4 Å². The van der Waals surface area contributed by atoms with Gasteiger partial charge in [0.25, 0.3) is 0 Å². The number of aryl methyl sites for hydroxylation is 1. The molecule has 2 aromatic rings. The van der Waals surface area contributed by atoms with Gasteiger partial charge in [0.05, 0.1) is 5.69 Å². The van der Waals surface area contributed by atoms with E-state index >= 15 is 0 Å². The molecule has 2 rings (SSSR count). The summed E-state index contributed by atoms with van der Waals surface area (Å²) in [6.07, 6.45) is 5.42. The van der Waals surface area contributed by atoms with Gasteiger partial charge >= 0.3 is 0 Å². The zero-order chi connectivity index (χ0) is 8.55. The summed E-state index contributed by atoms with van der Waals surface area (Å²) in [5, 5.41) is 0. The van der Waals surface area contributed by atoms with Crippen LogP contribution in [0.25, 0.3) is 5.65 Å². The van der Waals surface area contributed by atoms with Crippen molar-refractivity contribution >= 4 is 5.65 Å². The largest absolute Gasteiger partial charge is 0.325 e. The predicted octanol–water partition coefficient (Wildman–Crippen LogP) is 0.496. The van der Waals surface area contributed by atoms with Crippen molar-refractivity contribution in [2.75, 3.05) is 0 Å². The first-order chi connectivity index (χ1) is 5.81. The van der Waals surface area contributed by atoms with Crippen LogP contribution in [0.3, 0.4) is 0 Å². The fraction of sp³-hybridized carbons (Fsp3) is 0.250. The quantitative estimate of drug-likeness (QED) is 0.664. The Balaban J connectivity index is 2.74. The van der Waals surface area contributed by atoms with Crippen LogP contribution in [0, 0.1) is 6.92 Å². The molecule has 2 N–H and O–H groups in total. The van der Waals surface area contributed by atoms with E-state index in [2.05, 4.69) is 9.97 Å². The maximum Gasteiger partial charge on any atom is 0.142 e. The van der Waals surface area contributed by atoms with Gasteiger partial charge in [0.15, 0.2) is 0 Å². The highest BCUT2D eigenvalue weighted by Crippen LogP contribution is 2.07. The number of hydrogen-bond donors (Lipinski definition) is 1. The molecule has 0 bridgehead atoms. The van der Waals surface area contributed by atoms with Crippen molar-refractivity contribution in [2.24, 2.45) is 5.73 Å². The minimum Gasteiger partial charge on any atom is -0.325 e. The molecular weight excluding hydrogens is 152 g/mol. The third kappa shape index (κ3) is 0.967. The van der Waals surface area contributed by atoms with Gasteiger partial charge in [-0.05, 0) is 6.92 Å². The minimum absolute atomic E-state index is 0.473. The van der Waals surface area contributed by atoms with Gasteiger partial charge < -0.3 is 5.73 Å². The summed E-state index contributed by atoms with van der Waals surface area (Å²) in [5.74, 6) is 0. The molecule has 0 aliphatic rings. The van der Waals surface area contributed by atoms with Crippen molar-refractivity contribution in [3.63, 3.8) is 0 Å². The summed E-state index contributed by atoms with van der Waals surface area (Å²) in [6.45, 7) is 2.46. The molecule has 0 aliphatic heterocycles. The van der Waals surface area contributed by atoms with Crippen LogP contribution in [0.1, 0.15) is 11.3 Å². The van der Waals surface area contributed by atoms with Crippen molar-refractivity contribution in [2.45, 2.75) is 13.5 Å². The molecule has 62 valence electrons. The Labute approximate surface area is 70.1 Å². The second-order valence-corrected chi connectivity index (χ2v) is 2.74. The maximum absolute atomic E-state index is 5.47.